The van der Waals surface area contributed by atoms with Crippen LogP contribution in [0.4, 0.5) is 0 Å². The smallest absolute Gasteiger partial charge is 0.308 e. The van der Waals surface area contributed by atoms with Crippen molar-refractivity contribution in [1.82, 2.24) is 0 Å². The molecule has 0 N–H and O–H groups in total. The molecule has 0 bridgehead atoms. The zero-order valence-electron chi connectivity index (χ0n) is 9.91. The molecule has 2 atom stereocenters. The lowest BCUT2D eigenvalue weighted by molar-refractivity contribution is -0.151. The van der Waals surface area contributed by atoms with Crippen LogP contribution in [-0.2, 0) is 19.1 Å². The predicted molar refractivity (Wildman–Crippen MR) is 56.2 cm³/mol. The van der Waals surface area contributed by atoms with Crippen molar-refractivity contribution in [2.45, 2.75) is 34.1 Å². The van der Waals surface area contributed by atoms with Crippen molar-refractivity contribution in [2.75, 3.05) is 13.2 Å². The van der Waals surface area contributed by atoms with Crippen LogP contribution < -0.4 is 0 Å². The largest absolute Gasteiger partial charge is 0.466 e. The van der Waals surface area contributed by atoms with Crippen LogP contribution in [0.2, 0.25) is 0 Å². The van der Waals surface area contributed by atoms with Gasteiger partial charge in [-0.05, 0) is 20.3 Å². The van der Waals surface area contributed by atoms with E-state index >= 15 is 0 Å². The van der Waals surface area contributed by atoms with Crippen molar-refractivity contribution in [3.05, 3.63) is 0 Å². The molecule has 0 aliphatic heterocycles. The predicted octanol–water partition coefficient (Wildman–Crippen LogP) is 1.77. The summed E-state index contributed by atoms with van der Waals surface area (Å²) in [6, 6.07) is 0. The molecule has 0 saturated heterocycles. The summed E-state index contributed by atoms with van der Waals surface area (Å²) < 4.78 is 9.71. The van der Waals surface area contributed by atoms with Gasteiger partial charge in [0, 0.05) is 0 Å². The lowest BCUT2D eigenvalue weighted by Crippen LogP contribution is -2.22. The highest BCUT2D eigenvalue weighted by molar-refractivity contribution is 5.75. The molecular formula is C11H20O4. The maximum atomic E-state index is 11.3. The molecule has 0 amide bonds. The number of carbonyl (C=O) groups is 2. The van der Waals surface area contributed by atoms with Gasteiger partial charge in [0.05, 0.1) is 25.0 Å². The molecule has 0 saturated carbocycles. The van der Waals surface area contributed by atoms with Gasteiger partial charge in [-0.15, -0.1) is 0 Å². The Kier molecular flexibility index (Phi) is 6.75. The van der Waals surface area contributed by atoms with Crippen LogP contribution in [0.5, 0.6) is 0 Å². The van der Waals surface area contributed by atoms with E-state index in [2.05, 4.69) is 0 Å². The Labute approximate surface area is 90.9 Å². The van der Waals surface area contributed by atoms with Crippen molar-refractivity contribution in [1.29, 1.82) is 0 Å². The minimum Gasteiger partial charge on any atom is -0.466 e. The van der Waals surface area contributed by atoms with Gasteiger partial charge in [0.2, 0.25) is 0 Å². The molecule has 0 aromatic heterocycles. The summed E-state index contributed by atoms with van der Waals surface area (Å²) >= 11 is 0. The molecule has 4 nitrogen and oxygen atoms in total. The molecule has 0 radical (unpaired) electrons. The van der Waals surface area contributed by atoms with Gasteiger partial charge >= 0.3 is 11.9 Å². The van der Waals surface area contributed by atoms with Gasteiger partial charge in [-0.25, -0.2) is 0 Å². The fourth-order valence-corrected chi connectivity index (χ4v) is 1.29. The Morgan fingerprint density at radius 1 is 0.933 bits per heavy atom. The highest BCUT2D eigenvalue weighted by atomic mass is 16.5. The number of carbonyl (C=O) groups excluding carboxylic acids is 2. The fourth-order valence-electron chi connectivity index (χ4n) is 1.29. The summed E-state index contributed by atoms with van der Waals surface area (Å²) in [7, 11) is 0. The number of hydrogen-bond donors (Lipinski definition) is 0. The minimum absolute atomic E-state index is 0.256. The van der Waals surface area contributed by atoms with Crippen molar-refractivity contribution < 1.29 is 19.1 Å². The molecule has 0 unspecified atom stereocenters. The van der Waals surface area contributed by atoms with Crippen molar-refractivity contribution in [3.63, 3.8) is 0 Å². The van der Waals surface area contributed by atoms with E-state index in [1.165, 1.54) is 0 Å². The third-order valence-corrected chi connectivity index (χ3v) is 2.09. The second kappa shape index (κ2) is 7.26. The van der Waals surface area contributed by atoms with Crippen molar-refractivity contribution in [2.24, 2.45) is 11.8 Å². The van der Waals surface area contributed by atoms with E-state index in [4.69, 9.17) is 9.47 Å². The number of ether oxygens (including phenoxy) is 2. The second-order valence-electron chi connectivity index (χ2n) is 3.54. The molecule has 0 heterocycles. The molecule has 0 spiro atoms. The van der Waals surface area contributed by atoms with Gasteiger partial charge in [0.15, 0.2) is 0 Å². The minimum atomic E-state index is -0.260. The van der Waals surface area contributed by atoms with Gasteiger partial charge in [-0.3, -0.25) is 9.59 Å². The Hall–Kier alpha value is -1.06. The van der Waals surface area contributed by atoms with E-state index in [-0.39, 0.29) is 23.8 Å². The van der Waals surface area contributed by atoms with Crippen LogP contribution in [0.1, 0.15) is 34.1 Å². The maximum absolute atomic E-state index is 11.3. The molecule has 0 rings (SSSR count). The van der Waals surface area contributed by atoms with Gasteiger partial charge in [-0.2, -0.15) is 0 Å². The summed E-state index contributed by atoms with van der Waals surface area (Å²) in [6.07, 6.45) is 0.470. The highest BCUT2D eigenvalue weighted by Gasteiger charge is 2.22. The average Bonchev–Trinajstić information content (AvgIpc) is 2.18. The Balaban J connectivity index is 3.99. The molecule has 0 aromatic carbocycles. The summed E-state index contributed by atoms with van der Waals surface area (Å²) in [6.45, 7) is 7.79. The first-order chi connectivity index (χ1) is 7.02. The maximum Gasteiger partial charge on any atom is 0.308 e. The third-order valence-electron chi connectivity index (χ3n) is 2.09. The lowest BCUT2D eigenvalue weighted by Gasteiger charge is -2.14. The van der Waals surface area contributed by atoms with Crippen LogP contribution in [-0.4, -0.2) is 25.2 Å². The lowest BCUT2D eigenvalue weighted by atomic mass is 9.97. The topological polar surface area (TPSA) is 52.6 Å². The summed E-state index contributed by atoms with van der Waals surface area (Å²) in [5.74, 6) is -1.03. The molecule has 0 fully saturated rings. The van der Waals surface area contributed by atoms with E-state index in [9.17, 15) is 9.59 Å². The standard InChI is InChI=1S/C11H20O4/c1-5-14-10(12)8(3)7-9(4)11(13)15-6-2/h8-9H,5-7H2,1-4H3/t8-,9-/m0/s1. The average molecular weight is 216 g/mol. The van der Waals surface area contributed by atoms with E-state index in [1.54, 1.807) is 27.7 Å². The first kappa shape index (κ1) is 13.9. The van der Waals surface area contributed by atoms with E-state index in [0.717, 1.165) is 0 Å². The zero-order valence-corrected chi connectivity index (χ0v) is 9.91. The Bertz CT molecular complexity index is 191. The molecular weight excluding hydrogens is 196 g/mol. The van der Waals surface area contributed by atoms with Gasteiger partial charge in [-0.1, -0.05) is 13.8 Å². The van der Waals surface area contributed by atoms with Crippen LogP contribution in [0.15, 0.2) is 0 Å². The van der Waals surface area contributed by atoms with Gasteiger partial charge < -0.3 is 9.47 Å². The SMILES string of the molecule is CCOC(=O)[C@@H](C)C[C@H](C)C(=O)OCC. The van der Waals surface area contributed by atoms with Gasteiger partial charge in [0.25, 0.3) is 0 Å². The Morgan fingerprint density at radius 3 is 1.53 bits per heavy atom. The van der Waals surface area contributed by atoms with Crippen LogP contribution in [0.3, 0.4) is 0 Å². The van der Waals surface area contributed by atoms with Crippen molar-refractivity contribution in [3.8, 4) is 0 Å². The summed E-state index contributed by atoms with van der Waals surface area (Å²) in [4.78, 5) is 22.6. The van der Waals surface area contributed by atoms with Crippen LogP contribution in [0, 0.1) is 11.8 Å². The van der Waals surface area contributed by atoms with Crippen LogP contribution in [0.25, 0.3) is 0 Å². The first-order valence-corrected chi connectivity index (χ1v) is 5.36. The number of esters is 2. The molecule has 88 valence electrons. The fraction of sp³-hybridized carbons (Fsp3) is 0.818. The first-order valence-electron chi connectivity index (χ1n) is 5.36. The van der Waals surface area contributed by atoms with Crippen molar-refractivity contribution >= 4 is 11.9 Å². The second-order valence-corrected chi connectivity index (χ2v) is 3.54. The highest BCUT2D eigenvalue weighted by Crippen LogP contribution is 2.14. The van der Waals surface area contributed by atoms with Crippen LogP contribution >= 0.6 is 0 Å². The number of rotatable bonds is 6. The summed E-state index contributed by atoms with van der Waals surface area (Å²) in [5.41, 5.74) is 0. The zero-order chi connectivity index (χ0) is 11.8. The quantitative estimate of drug-likeness (QED) is 0.635. The third kappa shape index (κ3) is 5.40. The normalized spacial score (nSPS) is 14.1. The van der Waals surface area contributed by atoms with E-state index in [1.807, 2.05) is 0 Å². The number of hydrogen-bond acceptors (Lipinski definition) is 4. The van der Waals surface area contributed by atoms with Gasteiger partial charge in [0.1, 0.15) is 0 Å². The molecule has 0 aliphatic carbocycles. The van der Waals surface area contributed by atoms with E-state index < -0.39 is 0 Å². The summed E-state index contributed by atoms with van der Waals surface area (Å²) in [5, 5.41) is 0. The van der Waals surface area contributed by atoms with E-state index in [0.29, 0.717) is 19.6 Å². The molecule has 0 aliphatic rings. The Morgan fingerprint density at radius 2 is 1.27 bits per heavy atom. The molecule has 4 heteroatoms. The molecule has 15 heavy (non-hydrogen) atoms. The molecule has 0 aromatic rings. The monoisotopic (exact) mass is 216 g/mol.